The maximum atomic E-state index is 12.8. The zero-order valence-corrected chi connectivity index (χ0v) is 17.7. The van der Waals surface area contributed by atoms with E-state index in [9.17, 15) is 4.79 Å². The molecule has 2 bridgehead atoms. The Bertz CT molecular complexity index is 1080. The van der Waals surface area contributed by atoms with Crippen molar-refractivity contribution in [2.75, 3.05) is 20.4 Å². The van der Waals surface area contributed by atoms with Crippen LogP contribution in [-0.4, -0.2) is 49.6 Å². The largest absolute Gasteiger partial charge is 0.454 e. The van der Waals surface area contributed by atoms with E-state index in [1.54, 1.807) is 7.11 Å². The lowest BCUT2D eigenvalue weighted by atomic mass is 9.82. The molecule has 0 saturated carbocycles. The minimum Gasteiger partial charge on any atom is -0.454 e. The van der Waals surface area contributed by atoms with Crippen LogP contribution in [0.15, 0.2) is 48.0 Å². The Morgan fingerprint density at radius 3 is 2.68 bits per heavy atom. The summed E-state index contributed by atoms with van der Waals surface area (Å²) in [6.07, 6.45) is 2.38. The molecule has 1 unspecified atom stereocenters. The summed E-state index contributed by atoms with van der Waals surface area (Å²) in [6, 6.07) is 12.0. The molecular weight excluding hydrogens is 394 g/mol. The Hall–Kier alpha value is -2.83. The molecule has 1 aliphatic carbocycles. The number of hydrogen-bond acceptors (Lipinski definition) is 6. The van der Waals surface area contributed by atoms with Crippen LogP contribution in [0.4, 0.5) is 0 Å². The highest BCUT2D eigenvalue weighted by atomic mass is 16.7. The van der Waals surface area contributed by atoms with Crippen molar-refractivity contribution in [2.45, 2.75) is 44.1 Å². The quantitative estimate of drug-likeness (QED) is 0.560. The maximum absolute atomic E-state index is 12.8. The van der Waals surface area contributed by atoms with Crippen molar-refractivity contribution < 1.29 is 23.7 Å². The molecule has 0 N–H and O–H groups in total. The summed E-state index contributed by atoms with van der Waals surface area (Å²) >= 11 is 0. The predicted octanol–water partition coefficient (Wildman–Crippen LogP) is 3.58. The van der Waals surface area contributed by atoms with Gasteiger partial charge >= 0.3 is 5.97 Å². The minimum absolute atomic E-state index is 0.165. The smallest absolute Gasteiger partial charge is 0.338 e. The van der Waals surface area contributed by atoms with E-state index >= 15 is 0 Å². The van der Waals surface area contributed by atoms with E-state index in [-0.39, 0.29) is 24.8 Å². The SMILES string of the molecule is CO[C@H]1C[C@H]2C(=C[C@@H]1OC(=O)c1ccc(C)cc1)[C@H]1CN2Cc2cc3c(cc21)OCO3. The summed E-state index contributed by atoms with van der Waals surface area (Å²) in [5.74, 6) is 1.62. The van der Waals surface area contributed by atoms with Crippen LogP contribution in [0.25, 0.3) is 0 Å². The summed E-state index contributed by atoms with van der Waals surface area (Å²) in [5.41, 5.74) is 5.59. The van der Waals surface area contributed by atoms with E-state index in [4.69, 9.17) is 18.9 Å². The zero-order valence-electron chi connectivity index (χ0n) is 17.7. The van der Waals surface area contributed by atoms with E-state index in [1.807, 2.05) is 31.2 Å². The highest BCUT2D eigenvalue weighted by Gasteiger charge is 2.47. The van der Waals surface area contributed by atoms with Gasteiger partial charge in [0, 0.05) is 32.2 Å². The normalized spacial score (nSPS) is 29.7. The van der Waals surface area contributed by atoms with Gasteiger partial charge in [-0.05, 0) is 60.4 Å². The van der Waals surface area contributed by atoms with E-state index < -0.39 is 6.10 Å². The van der Waals surface area contributed by atoms with Gasteiger partial charge in [-0.25, -0.2) is 4.79 Å². The van der Waals surface area contributed by atoms with Gasteiger partial charge in [-0.15, -0.1) is 0 Å². The summed E-state index contributed by atoms with van der Waals surface area (Å²) in [5, 5.41) is 0. The molecule has 2 aromatic carbocycles. The van der Waals surface area contributed by atoms with E-state index in [0.29, 0.717) is 11.6 Å². The van der Waals surface area contributed by atoms with Crippen LogP contribution in [0.3, 0.4) is 0 Å². The average Bonchev–Trinajstić information content (AvgIpc) is 3.35. The topological polar surface area (TPSA) is 57.2 Å². The van der Waals surface area contributed by atoms with Gasteiger partial charge < -0.3 is 18.9 Å². The van der Waals surface area contributed by atoms with Gasteiger partial charge in [0.2, 0.25) is 6.79 Å². The van der Waals surface area contributed by atoms with Crippen molar-refractivity contribution >= 4 is 5.97 Å². The fraction of sp³-hybridized carbons (Fsp3) is 0.400. The Morgan fingerprint density at radius 1 is 1.13 bits per heavy atom. The van der Waals surface area contributed by atoms with E-state index in [2.05, 4.69) is 23.1 Å². The highest BCUT2D eigenvalue weighted by Crippen LogP contribution is 2.50. The fourth-order valence-corrected chi connectivity index (χ4v) is 5.43. The molecule has 6 rings (SSSR count). The third-order valence-corrected chi connectivity index (χ3v) is 7.04. The van der Waals surface area contributed by atoms with Gasteiger partial charge in [-0.2, -0.15) is 0 Å². The Labute approximate surface area is 181 Å². The van der Waals surface area contributed by atoms with Crippen molar-refractivity contribution in [3.8, 4) is 11.5 Å². The number of carbonyl (C=O) groups excluding carboxylic acids is 1. The number of aryl methyl sites for hydroxylation is 1. The molecule has 1 saturated heterocycles. The molecule has 1 fully saturated rings. The van der Waals surface area contributed by atoms with Gasteiger partial charge in [-0.1, -0.05) is 17.7 Å². The van der Waals surface area contributed by atoms with Crippen LogP contribution >= 0.6 is 0 Å². The van der Waals surface area contributed by atoms with Crippen LogP contribution in [-0.2, 0) is 16.0 Å². The molecule has 6 heteroatoms. The Kier molecular flexibility index (Phi) is 4.33. The summed E-state index contributed by atoms with van der Waals surface area (Å²) in [7, 11) is 1.70. The van der Waals surface area contributed by atoms with Crippen LogP contribution in [0.5, 0.6) is 11.5 Å². The Morgan fingerprint density at radius 2 is 1.90 bits per heavy atom. The third kappa shape index (κ3) is 3.05. The monoisotopic (exact) mass is 419 g/mol. The van der Waals surface area contributed by atoms with Crippen LogP contribution in [0.2, 0.25) is 0 Å². The lowest BCUT2D eigenvalue weighted by Crippen LogP contribution is -2.42. The molecule has 160 valence electrons. The number of carbonyl (C=O) groups is 1. The second-order valence-electron chi connectivity index (χ2n) is 8.81. The van der Waals surface area contributed by atoms with Gasteiger partial charge in [0.05, 0.1) is 11.7 Å². The second kappa shape index (κ2) is 7.11. The number of methoxy groups -OCH3 is 1. The first-order valence-corrected chi connectivity index (χ1v) is 10.8. The first-order valence-electron chi connectivity index (χ1n) is 10.8. The number of fused-ring (bicyclic) bond motifs is 8. The lowest BCUT2D eigenvalue weighted by molar-refractivity contribution is -0.0317. The molecule has 0 spiro atoms. The second-order valence-corrected chi connectivity index (χ2v) is 8.81. The zero-order chi connectivity index (χ0) is 21.1. The van der Waals surface area contributed by atoms with Gasteiger partial charge in [-0.3, -0.25) is 4.90 Å². The molecular formula is C25H25NO5. The van der Waals surface area contributed by atoms with Crippen molar-refractivity contribution in [3.05, 3.63) is 70.3 Å². The van der Waals surface area contributed by atoms with E-state index in [1.165, 1.54) is 16.7 Å². The number of benzene rings is 2. The fourth-order valence-electron chi connectivity index (χ4n) is 5.43. The first-order chi connectivity index (χ1) is 15.1. The van der Waals surface area contributed by atoms with E-state index in [0.717, 1.165) is 36.6 Å². The predicted molar refractivity (Wildman–Crippen MR) is 113 cm³/mol. The van der Waals surface area contributed by atoms with Crippen LogP contribution in [0.1, 0.15) is 39.4 Å². The van der Waals surface area contributed by atoms with Gasteiger partial charge in [0.1, 0.15) is 6.10 Å². The molecule has 6 nitrogen and oxygen atoms in total. The van der Waals surface area contributed by atoms with Gasteiger partial charge in [0.25, 0.3) is 0 Å². The van der Waals surface area contributed by atoms with Crippen molar-refractivity contribution in [3.63, 3.8) is 0 Å². The minimum atomic E-state index is -0.400. The number of rotatable bonds is 3. The first kappa shape index (κ1) is 18.9. The lowest BCUT2D eigenvalue weighted by Gasteiger charge is -2.34. The van der Waals surface area contributed by atoms with Crippen molar-refractivity contribution in [1.82, 2.24) is 4.90 Å². The molecule has 0 aromatic heterocycles. The van der Waals surface area contributed by atoms with Gasteiger partial charge in [0.15, 0.2) is 11.5 Å². The summed E-state index contributed by atoms with van der Waals surface area (Å²) in [4.78, 5) is 15.3. The number of esters is 1. The highest BCUT2D eigenvalue weighted by molar-refractivity contribution is 5.89. The number of nitrogens with zero attached hydrogens (tertiary/aromatic N) is 1. The maximum Gasteiger partial charge on any atom is 0.338 e. The number of ether oxygens (including phenoxy) is 4. The molecule has 3 heterocycles. The number of hydrogen-bond donors (Lipinski definition) is 0. The molecule has 4 aliphatic rings. The molecule has 0 amide bonds. The molecule has 2 aromatic rings. The molecule has 3 aliphatic heterocycles. The molecule has 5 atom stereocenters. The summed E-state index contributed by atoms with van der Waals surface area (Å²) in [6.45, 7) is 4.14. The molecule has 0 radical (unpaired) electrons. The Balaban J connectivity index is 1.32. The average molecular weight is 419 g/mol. The standard InChI is InChI=1S/C25H25NO5/c1-14-3-5-15(6-4-14)25(27)31-24-9-18-19-12-26(20(18)10-21(24)28-2)11-16-7-22-23(8-17(16)19)30-13-29-22/h3-9,19-21,24H,10-13H2,1-2H3/t19-,20-,21-,24-/m0/s1. The van der Waals surface area contributed by atoms with Crippen LogP contribution < -0.4 is 9.47 Å². The van der Waals surface area contributed by atoms with Crippen molar-refractivity contribution in [2.24, 2.45) is 0 Å². The van der Waals surface area contributed by atoms with Crippen LogP contribution in [0, 0.1) is 6.92 Å². The molecule has 31 heavy (non-hydrogen) atoms. The summed E-state index contributed by atoms with van der Waals surface area (Å²) < 4.78 is 22.9. The third-order valence-electron chi connectivity index (χ3n) is 7.04. The van der Waals surface area contributed by atoms with Crippen molar-refractivity contribution in [1.29, 1.82) is 0 Å².